The van der Waals surface area contributed by atoms with E-state index in [-0.39, 0.29) is 18.0 Å². The average molecular weight is 467 g/mol. The third-order valence-electron chi connectivity index (χ3n) is 6.23. The predicted octanol–water partition coefficient (Wildman–Crippen LogP) is 5.36. The molecule has 3 heterocycles. The minimum atomic E-state index is -4.54. The summed E-state index contributed by atoms with van der Waals surface area (Å²) in [6.07, 6.45) is 0.312. The van der Waals surface area contributed by atoms with E-state index in [0.29, 0.717) is 28.7 Å². The second-order valence-corrected chi connectivity index (χ2v) is 8.85. The Morgan fingerprint density at radius 2 is 1.91 bits per heavy atom. The van der Waals surface area contributed by atoms with Crippen LogP contribution in [0.15, 0.2) is 54.7 Å². The highest BCUT2D eigenvalue weighted by Crippen LogP contribution is 2.34. The molecule has 9 heteroatoms. The van der Waals surface area contributed by atoms with Gasteiger partial charge in [0.1, 0.15) is 5.69 Å². The molecule has 2 N–H and O–H groups in total. The third-order valence-corrected chi connectivity index (χ3v) is 6.23. The summed E-state index contributed by atoms with van der Waals surface area (Å²) in [6.45, 7) is 1.90. The molecule has 34 heavy (non-hydrogen) atoms. The van der Waals surface area contributed by atoms with Crippen LogP contribution in [0.4, 0.5) is 18.9 Å². The number of aromatic nitrogens is 3. The lowest BCUT2D eigenvalue weighted by molar-refractivity contribution is -0.140. The molecule has 0 spiro atoms. The van der Waals surface area contributed by atoms with Gasteiger partial charge >= 0.3 is 6.18 Å². The Morgan fingerprint density at radius 3 is 2.71 bits per heavy atom. The van der Waals surface area contributed by atoms with Crippen LogP contribution in [0.5, 0.6) is 0 Å². The highest BCUT2D eigenvalue weighted by Gasteiger charge is 2.34. The highest BCUT2D eigenvalue weighted by molar-refractivity contribution is 5.94. The van der Waals surface area contributed by atoms with E-state index in [9.17, 15) is 18.0 Å². The Hall–Kier alpha value is -3.62. The smallest absolute Gasteiger partial charge is 0.382 e. The Bertz CT molecular complexity index is 1330. The van der Waals surface area contributed by atoms with Gasteiger partial charge in [0.05, 0.1) is 11.0 Å². The van der Waals surface area contributed by atoms with E-state index in [1.54, 1.807) is 28.9 Å². The van der Waals surface area contributed by atoms with Crippen molar-refractivity contribution in [1.82, 2.24) is 19.9 Å². The zero-order valence-corrected chi connectivity index (χ0v) is 18.6. The number of amides is 1. The van der Waals surface area contributed by atoms with Crippen molar-refractivity contribution < 1.29 is 18.0 Å². The SMILES string of the molecule is Cc1ccc2nc(C(F)(F)F)cc(N[C@H]3CCC[C@@H](NC(=O)c4cc5ccccn5n4)C3)c2c1. The first-order valence-corrected chi connectivity index (χ1v) is 11.3. The van der Waals surface area contributed by atoms with Gasteiger partial charge in [-0.1, -0.05) is 17.7 Å². The number of anilines is 1. The summed E-state index contributed by atoms with van der Waals surface area (Å²) in [4.78, 5) is 16.6. The number of hydrogen-bond acceptors (Lipinski definition) is 4. The number of benzene rings is 1. The van der Waals surface area contributed by atoms with Crippen molar-refractivity contribution in [3.63, 3.8) is 0 Å². The van der Waals surface area contributed by atoms with Crippen LogP contribution in [0.1, 0.15) is 47.4 Å². The molecule has 0 unspecified atom stereocenters. The maximum atomic E-state index is 13.5. The molecule has 1 aliphatic carbocycles. The standard InChI is InChI=1S/C25H24F3N5O/c1-15-8-9-20-19(11-15)21(14-23(31-20)25(26,27)28)29-16-5-4-6-17(12-16)30-24(34)22-13-18-7-2-3-10-33(18)32-22/h2-3,7-11,13-14,16-17H,4-6,12H2,1H3,(H,29,31)(H,30,34)/t16-,17+/m0/s1. The monoisotopic (exact) mass is 467 g/mol. The molecular formula is C25H24F3N5O. The first-order chi connectivity index (χ1) is 16.3. The number of rotatable bonds is 4. The first kappa shape index (κ1) is 22.2. The number of carbonyl (C=O) groups is 1. The van der Waals surface area contributed by atoms with Gasteiger partial charge < -0.3 is 10.6 Å². The van der Waals surface area contributed by atoms with Crippen LogP contribution in [-0.2, 0) is 6.18 Å². The highest BCUT2D eigenvalue weighted by atomic mass is 19.4. The van der Waals surface area contributed by atoms with Crippen LogP contribution in [0.25, 0.3) is 16.4 Å². The van der Waals surface area contributed by atoms with Crippen molar-refractivity contribution >= 4 is 28.0 Å². The number of fused-ring (bicyclic) bond motifs is 2. The van der Waals surface area contributed by atoms with Gasteiger partial charge in [-0.05, 0) is 69.0 Å². The van der Waals surface area contributed by atoms with Gasteiger partial charge in [0.25, 0.3) is 5.91 Å². The second-order valence-electron chi connectivity index (χ2n) is 8.85. The molecule has 6 nitrogen and oxygen atoms in total. The van der Waals surface area contributed by atoms with E-state index >= 15 is 0 Å². The molecule has 1 fully saturated rings. The molecule has 2 atom stereocenters. The largest absolute Gasteiger partial charge is 0.433 e. The first-order valence-electron chi connectivity index (χ1n) is 11.3. The fourth-order valence-corrected chi connectivity index (χ4v) is 4.58. The van der Waals surface area contributed by atoms with Crippen LogP contribution in [0.3, 0.4) is 0 Å². The summed E-state index contributed by atoms with van der Waals surface area (Å²) >= 11 is 0. The number of hydrogen-bond donors (Lipinski definition) is 2. The molecule has 0 saturated heterocycles. The summed E-state index contributed by atoms with van der Waals surface area (Å²) in [5, 5.41) is 11.3. The Balaban J connectivity index is 1.34. The fourth-order valence-electron chi connectivity index (χ4n) is 4.58. The van der Waals surface area contributed by atoms with Crippen molar-refractivity contribution in [2.45, 2.75) is 50.9 Å². The summed E-state index contributed by atoms with van der Waals surface area (Å²) in [5.74, 6) is -0.251. The molecule has 0 radical (unpaired) electrons. The maximum Gasteiger partial charge on any atom is 0.433 e. The minimum Gasteiger partial charge on any atom is -0.382 e. The van der Waals surface area contributed by atoms with Crippen molar-refractivity contribution in [1.29, 1.82) is 0 Å². The van der Waals surface area contributed by atoms with Gasteiger partial charge in [-0.15, -0.1) is 0 Å². The quantitative estimate of drug-likeness (QED) is 0.424. The van der Waals surface area contributed by atoms with E-state index in [0.717, 1.165) is 36.4 Å². The van der Waals surface area contributed by atoms with Crippen LogP contribution in [0.2, 0.25) is 0 Å². The zero-order chi connectivity index (χ0) is 23.9. The number of carbonyl (C=O) groups excluding carboxylic acids is 1. The molecule has 1 aromatic carbocycles. The van der Waals surface area contributed by atoms with E-state index in [1.165, 1.54) is 0 Å². The van der Waals surface area contributed by atoms with E-state index in [1.807, 2.05) is 31.2 Å². The van der Waals surface area contributed by atoms with Gasteiger partial charge in [-0.2, -0.15) is 18.3 Å². The van der Waals surface area contributed by atoms with Gasteiger partial charge in [0.15, 0.2) is 5.69 Å². The lowest BCUT2D eigenvalue weighted by Crippen LogP contribution is -2.42. The van der Waals surface area contributed by atoms with Gasteiger partial charge in [0.2, 0.25) is 0 Å². The van der Waals surface area contributed by atoms with Crippen molar-refractivity contribution in [2.75, 3.05) is 5.32 Å². The molecule has 5 rings (SSSR count). The average Bonchev–Trinajstić information content (AvgIpc) is 3.23. The Morgan fingerprint density at radius 1 is 1.09 bits per heavy atom. The molecule has 3 aromatic heterocycles. The summed E-state index contributed by atoms with van der Waals surface area (Å²) in [6, 6.07) is 13.5. The number of alkyl halides is 3. The molecule has 0 aliphatic heterocycles. The molecule has 1 saturated carbocycles. The van der Waals surface area contributed by atoms with Crippen molar-refractivity contribution in [2.24, 2.45) is 0 Å². The molecular weight excluding hydrogens is 443 g/mol. The Labute approximate surface area is 194 Å². The van der Waals surface area contributed by atoms with Crippen molar-refractivity contribution in [3.8, 4) is 0 Å². The second kappa shape index (κ2) is 8.62. The van der Waals surface area contributed by atoms with Crippen LogP contribution in [-0.4, -0.2) is 32.6 Å². The van der Waals surface area contributed by atoms with Gasteiger partial charge in [0, 0.05) is 29.4 Å². The van der Waals surface area contributed by atoms with Crippen LogP contribution in [0, 0.1) is 6.92 Å². The van der Waals surface area contributed by atoms with Crippen molar-refractivity contribution in [3.05, 3.63) is 71.7 Å². The molecule has 1 aliphatic rings. The Kier molecular flexibility index (Phi) is 5.63. The fraction of sp³-hybridized carbons (Fsp3) is 0.320. The van der Waals surface area contributed by atoms with Gasteiger partial charge in [-0.25, -0.2) is 9.50 Å². The van der Waals surface area contributed by atoms with Crippen LogP contribution >= 0.6 is 0 Å². The summed E-state index contributed by atoms with van der Waals surface area (Å²) < 4.78 is 42.0. The molecule has 1 amide bonds. The number of pyridine rings is 2. The summed E-state index contributed by atoms with van der Waals surface area (Å²) in [5.41, 5.74) is 1.91. The topological polar surface area (TPSA) is 71.3 Å². The number of nitrogens with one attached hydrogen (secondary N) is 2. The zero-order valence-electron chi connectivity index (χ0n) is 18.6. The lowest BCUT2D eigenvalue weighted by atomic mass is 9.90. The molecule has 0 bridgehead atoms. The van der Waals surface area contributed by atoms with E-state index in [2.05, 4.69) is 20.7 Å². The molecule has 4 aromatic rings. The summed E-state index contributed by atoms with van der Waals surface area (Å²) in [7, 11) is 0. The van der Waals surface area contributed by atoms with E-state index < -0.39 is 11.9 Å². The number of aryl methyl sites for hydroxylation is 1. The molecule has 176 valence electrons. The van der Waals surface area contributed by atoms with E-state index in [4.69, 9.17) is 0 Å². The number of nitrogens with zero attached hydrogens (tertiary/aromatic N) is 3. The predicted molar refractivity (Wildman–Crippen MR) is 124 cm³/mol. The third kappa shape index (κ3) is 4.55. The van der Waals surface area contributed by atoms with Crippen LogP contribution < -0.4 is 10.6 Å². The van der Waals surface area contributed by atoms with Gasteiger partial charge in [-0.3, -0.25) is 4.79 Å². The minimum absolute atomic E-state index is 0.0766. The number of halogens is 3. The lowest BCUT2D eigenvalue weighted by Gasteiger charge is -2.31. The normalized spacial score (nSPS) is 18.8. The maximum absolute atomic E-state index is 13.5.